The fourth-order valence-electron chi connectivity index (χ4n) is 1.75. The molecule has 0 spiro atoms. The van der Waals surface area contributed by atoms with E-state index in [-0.39, 0.29) is 0 Å². The standard InChI is InChI=1S/C12H13O3P/c1-8-7-10-5-3-4-6-11(10)12(9(8)2)15-16(13)14/h3-7,13-14H,1-2H3. The van der Waals surface area contributed by atoms with Crippen LogP contribution in [0.5, 0.6) is 5.75 Å². The summed E-state index contributed by atoms with van der Waals surface area (Å²) in [6.45, 7) is 3.89. The predicted octanol–water partition coefficient (Wildman–Crippen LogP) is 3.05. The monoisotopic (exact) mass is 236 g/mol. The van der Waals surface area contributed by atoms with Gasteiger partial charge in [0.2, 0.25) is 0 Å². The molecule has 0 bridgehead atoms. The van der Waals surface area contributed by atoms with E-state index in [0.29, 0.717) is 5.75 Å². The van der Waals surface area contributed by atoms with Crippen molar-refractivity contribution in [3.8, 4) is 5.75 Å². The minimum atomic E-state index is -2.38. The first-order valence-corrected chi connectivity index (χ1v) is 6.11. The van der Waals surface area contributed by atoms with Gasteiger partial charge in [-0.1, -0.05) is 30.3 Å². The zero-order chi connectivity index (χ0) is 11.7. The fourth-order valence-corrected chi connectivity index (χ4v) is 2.15. The highest BCUT2D eigenvalue weighted by Gasteiger charge is 2.12. The molecular weight excluding hydrogens is 223 g/mol. The number of fused-ring (bicyclic) bond motifs is 1. The van der Waals surface area contributed by atoms with Gasteiger partial charge < -0.3 is 14.3 Å². The molecule has 0 fully saturated rings. The Morgan fingerprint density at radius 3 is 2.50 bits per heavy atom. The molecule has 0 unspecified atom stereocenters. The summed E-state index contributed by atoms with van der Waals surface area (Å²) in [5.41, 5.74) is 2.01. The highest BCUT2D eigenvalue weighted by Crippen LogP contribution is 2.38. The summed E-state index contributed by atoms with van der Waals surface area (Å²) in [7, 11) is -2.38. The Morgan fingerprint density at radius 1 is 1.12 bits per heavy atom. The van der Waals surface area contributed by atoms with Crippen LogP contribution in [0.25, 0.3) is 10.8 Å². The molecule has 0 atom stereocenters. The second-order valence-corrected chi connectivity index (χ2v) is 4.40. The van der Waals surface area contributed by atoms with Crippen LogP contribution in [0.3, 0.4) is 0 Å². The number of rotatable bonds is 2. The van der Waals surface area contributed by atoms with Gasteiger partial charge >= 0.3 is 8.60 Å². The molecule has 0 saturated heterocycles. The number of aryl methyl sites for hydroxylation is 1. The predicted molar refractivity (Wildman–Crippen MR) is 65.4 cm³/mol. The highest BCUT2D eigenvalue weighted by atomic mass is 31.2. The molecule has 0 aromatic heterocycles. The highest BCUT2D eigenvalue weighted by molar-refractivity contribution is 7.39. The van der Waals surface area contributed by atoms with Crippen molar-refractivity contribution in [3.63, 3.8) is 0 Å². The fraction of sp³-hybridized carbons (Fsp3) is 0.167. The first-order valence-electron chi connectivity index (χ1n) is 4.94. The maximum Gasteiger partial charge on any atom is 0.391 e. The molecule has 16 heavy (non-hydrogen) atoms. The van der Waals surface area contributed by atoms with Crippen molar-refractivity contribution in [2.45, 2.75) is 13.8 Å². The lowest BCUT2D eigenvalue weighted by atomic mass is 10.0. The minimum absolute atomic E-state index is 0.562. The van der Waals surface area contributed by atoms with Crippen molar-refractivity contribution < 1.29 is 14.3 Å². The van der Waals surface area contributed by atoms with E-state index in [1.54, 1.807) is 0 Å². The van der Waals surface area contributed by atoms with Crippen LogP contribution in [0.2, 0.25) is 0 Å². The molecule has 2 aromatic carbocycles. The molecule has 2 N–H and O–H groups in total. The van der Waals surface area contributed by atoms with Crippen molar-refractivity contribution in [2.75, 3.05) is 0 Å². The Kier molecular flexibility index (Phi) is 3.10. The van der Waals surface area contributed by atoms with E-state index in [4.69, 9.17) is 14.3 Å². The SMILES string of the molecule is Cc1cc2ccccc2c(OP(O)O)c1C. The smallest absolute Gasteiger partial charge is 0.391 e. The topological polar surface area (TPSA) is 49.7 Å². The summed E-state index contributed by atoms with van der Waals surface area (Å²) in [5, 5.41) is 1.94. The minimum Gasteiger partial charge on any atom is -0.426 e. The average molecular weight is 236 g/mol. The molecule has 4 heteroatoms. The molecule has 2 rings (SSSR count). The second kappa shape index (κ2) is 4.38. The molecule has 0 aliphatic rings. The maximum atomic E-state index is 8.98. The van der Waals surface area contributed by atoms with Crippen LogP contribution < -0.4 is 4.52 Å². The van der Waals surface area contributed by atoms with Gasteiger partial charge in [-0.3, -0.25) is 0 Å². The molecule has 3 nitrogen and oxygen atoms in total. The number of hydrogen-bond acceptors (Lipinski definition) is 3. The van der Waals surface area contributed by atoms with Gasteiger partial charge in [0, 0.05) is 5.39 Å². The van der Waals surface area contributed by atoms with Gasteiger partial charge in [0.25, 0.3) is 0 Å². The summed E-state index contributed by atoms with van der Waals surface area (Å²) in [6.07, 6.45) is 0. The summed E-state index contributed by atoms with van der Waals surface area (Å²) in [4.78, 5) is 18.0. The van der Waals surface area contributed by atoms with Gasteiger partial charge in [-0.2, -0.15) is 0 Å². The molecule has 84 valence electrons. The molecule has 0 aliphatic heterocycles. The van der Waals surface area contributed by atoms with Crippen molar-refractivity contribution in [1.29, 1.82) is 0 Å². The zero-order valence-electron chi connectivity index (χ0n) is 9.14. The molecule has 0 aliphatic carbocycles. The van der Waals surface area contributed by atoms with Crippen LogP contribution in [0, 0.1) is 13.8 Å². The Balaban J connectivity index is 2.71. The van der Waals surface area contributed by atoms with E-state index in [2.05, 4.69) is 6.07 Å². The van der Waals surface area contributed by atoms with Crippen LogP contribution in [-0.4, -0.2) is 9.79 Å². The van der Waals surface area contributed by atoms with Gasteiger partial charge in [-0.15, -0.1) is 0 Å². The van der Waals surface area contributed by atoms with Crippen molar-refractivity contribution >= 4 is 19.4 Å². The lowest BCUT2D eigenvalue weighted by molar-refractivity contribution is 0.375. The third-order valence-corrected chi connectivity index (χ3v) is 3.03. The summed E-state index contributed by atoms with van der Waals surface area (Å²) < 4.78 is 5.12. The summed E-state index contributed by atoms with van der Waals surface area (Å²) >= 11 is 0. The van der Waals surface area contributed by atoms with E-state index in [0.717, 1.165) is 21.9 Å². The number of benzene rings is 2. The Labute approximate surface area is 95.3 Å². The zero-order valence-corrected chi connectivity index (χ0v) is 10.0. The average Bonchev–Trinajstić information content (AvgIpc) is 2.24. The van der Waals surface area contributed by atoms with Crippen LogP contribution in [0.4, 0.5) is 0 Å². The van der Waals surface area contributed by atoms with E-state index < -0.39 is 8.60 Å². The first-order chi connectivity index (χ1) is 7.59. The Bertz CT molecular complexity index is 523. The molecule has 0 amide bonds. The molecule has 0 heterocycles. The summed E-state index contributed by atoms with van der Waals surface area (Å²) in [6, 6.07) is 9.80. The first kappa shape index (κ1) is 11.3. The van der Waals surface area contributed by atoms with Gasteiger partial charge in [0.1, 0.15) is 5.75 Å². The van der Waals surface area contributed by atoms with E-state index in [1.807, 2.05) is 38.1 Å². The van der Waals surface area contributed by atoms with Gasteiger partial charge in [0.15, 0.2) is 0 Å². The normalized spacial score (nSPS) is 11.1. The third-order valence-electron chi connectivity index (χ3n) is 2.68. The maximum absolute atomic E-state index is 8.98. The lowest BCUT2D eigenvalue weighted by Gasteiger charge is -2.14. The molecule has 0 saturated carbocycles. The van der Waals surface area contributed by atoms with Gasteiger partial charge in [0.05, 0.1) is 0 Å². The molecular formula is C12H13O3P. The summed E-state index contributed by atoms with van der Waals surface area (Å²) in [5.74, 6) is 0.562. The lowest BCUT2D eigenvalue weighted by Crippen LogP contribution is -1.92. The van der Waals surface area contributed by atoms with Crippen molar-refractivity contribution in [1.82, 2.24) is 0 Å². The van der Waals surface area contributed by atoms with Crippen LogP contribution in [-0.2, 0) is 0 Å². The van der Waals surface area contributed by atoms with E-state index in [1.165, 1.54) is 0 Å². The van der Waals surface area contributed by atoms with Crippen molar-refractivity contribution in [3.05, 3.63) is 41.5 Å². The Morgan fingerprint density at radius 2 is 1.81 bits per heavy atom. The van der Waals surface area contributed by atoms with Gasteiger partial charge in [-0.05, 0) is 30.4 Å². The Hall–Kier alpha value is -1.15. The molecule has 2 aromatic rings. The second-order valence-electron chi connectivity index (χ2n) is 3.71. The number of hydrogen-bond donors (Lipinski definition) is 2. The van der Waals surface area contributed by atoms with E-state index >= 15 is 0 Å². The van der Waals surface area contributed by atoms with Crippen LogP contribution >= 0.6 is 8.60 Å². The van der Waals surface area contributed by atoms with Crippen molar-refractivity contribution in [2.24, 2.45) is 0 Å². The van der Waals surface area contributed by atoms with Crippen LogP contribution in [0.15, 0.2) is 30.3 Å². The quantitative estimate of drug-likeness (QED) is 0.788. The third kappa shape index (κ3) is 2.03. The van der Waals surface area contributed by atoms with Crippen LogP contribution in [0.1, 0.15) is 11.1 Å². The van der Waals surface area contributed by atoms with E-state index in [9.17, 15) is 0 Å². The van der Waals surface area contributed by atoms with Gasteiger partial charge in [-0.25, -0.2) is 0 Å². The molecule has 0 radical (unpaired) electrons. The largest absolute Gasteiger partial charge is 0.426 e.